The SMILES string of the molecule is NC(=O)CCc1nnc(SCCc2ccccc2)n1C1CC1. The Bertz CT molecular complexity index is 637. The van der Waals surface area contributed by atoms with Gasteiger partial charge in [-0.15, -0.1) is 10.2 Å². The normalized spacial score (nSPS) is 14.2. The van der Waals surface area contributed by atoms with Crippen molar-refractivity contribution in [2.75, 3.05) is 5.75 Å². The van der Waals surface area contributed by atoms with E-state index >= 15 is 0 Å². The van der Waals surface area contributed by atoms with Gasteiger partial charge in [-0.2, -0.15) is 0 Å². The third kappa shape index (κ3) is 3.88. The maximum Gasteiger partial charge on any atom is 0.217 e. The molecule has 3 rings (SSSR count). The molecule has 0 spiro atoms. The van der Waals surface area contributed by atoms with Crippen LogP contribution in [0.1, 0.15) is 36.7 Å². The molecule has 2 N–H and O–H groups in total. The summed E-state index contributed by atoms with van der Waals surface area (Å²) in [4.78, 5) is 11.0. The number of nitrogens with two attached hydrogens (primary N) is 1. The van der Waals surface area contributed by atoms with Crippen molar-refractivity contribution in [1.82, 2.24) is 14.8 Å². The van der Waals surface area contributed by atoms with Crippen molar-refractivity contribution in [3.8, 4) is 0 Å². The molecule has 6 heteroatoms. The summed E-state index contributed by atoms with van der Waals surface area (Å²) < 4.78 is 2.21. The molecule has 0 bridgehead atoms. The minimum absolute atomic E-state index is 0.288. The zero-order valence-electron chi connectivity index (χ0n) is 12.4. The highest BCUT2D eigenvalue weighted by molar-refractivity contribution is 7.99. The highest BCUT2D eigenvalue weighted by Gasteiger charge is 2.29. The molecule has 0 radical (unpaired) electrons. The third-order valence-corrected chi connectivity index (χ3v) is 4.65. The summed E-state index contributed by atoms with van der Waals surface area (Å²) in [6.07, 6.45) is 4.28. The first-order chi connectivity index (χ1) is 10.7. The average molecular weight is 316 g/mol. The van der Waals surface area contributed by atoms with Crippen LogP contribution in [0.25, 0.3) is 0 Å². The number of primary amides is 1. The van der Waals surface area contributed by atoms with E-state index in [1.54, 1.807) is 11.8 Å². The molecule has 1 saturated carbocycles. The number of hydrogen-bond donors (Lipinski definition) is 1. The molecule has 1 aromatic heterocycles. The second kappa shape index (κ2) is 6.96. The fraction of sp³-hybridized carbons (Fsp3) is 0.438. The van der Waals surface area contributed by atoms with Gasteiger partial charge in [-0.1, -0.05) is 42.1 Å². The average Bonchev–Trinajstić information content (AvgIpc) is 3.28. The molecule has 0 aliphatic heterocycles. The van der Waals surface area contributed by atoms with Crippen molar-refractivity contribution < 1.29 is 4.79 Å². The molecule has 1 heterocycles. The Hall–Kier alpha value is -1.82. The molecule has 0 atom stereocenters. The lowest BCUT2D eigenvalue weighted by Gasteiger charge is -2.08. The lowest BCUT2D eigenvalue weighted by Crippen LogP contribution is -2.13. The van der Waals surface area contributed by atoms with Crippen molar-refractivity contribution in [2.24, 2.45) is 5.73 Å². The molecular weight excluding hydrogens is 296 g/mol. The van der Waals surface area contributed by atoms with Crippen LogP contribution in [0.15, 0.2) is 35.5 Å². The largest absolute Gasteiger partial charge is 0.370 e. The number of rotatable bonds is 8. The lowest BCUT2D eigenvalue weighted by molar-refractivity contribution is -0.118. The number of aryl methyl sites for hydroxylation is 2. The van der Waals surface area contributed by atoms with Crippen LogP contribution in [0.3, 0.4) is 0 Å². The van der Waals surface area contributed by atoms with Gasteiger partial charge < -0.3 is 10.3 Å². The van der Waals surface area contributed by atoms with Crippen LogP contribution in [0.5, 0.6) is 0 Å². The Morgan fingerprint density at radius 2 is 2.00 bits per heavy atom. The molecule has 0 saturated heterocycles. The van der Waals surface area contributed by atoms with Crippen LogP contribution in [0.4, 0.5) is 0 Å². The first-order valence-electron chi connectivity index (χ1n) is 7.63. The highest BCUT2D eigenvalue weighted by atomic mass is 32.2. The molecule has 2 aromatic rings. The van der Waals surface area contributed by atoms with Crippen LogP contribution in [-0.2, 0) is 17.6 Å². The van der Waals surface area contributed by atoms with Gasteiger partial charge in [0.05, 0.1) is 0 Å². The van der Waals surface area contributed by atoms with Gasteiger partial charge in [0.15, 0.2) is 5.16 Å². The van der Waals surface area contributed by atoms with Crippen LogP contribution >= 0.6 is 11.8 Å². The Labute approximate surface area is 134 Å². The Kier molecular flexibility index (Phi) is 4.77. The van der Waals surface area contributed by atoms with E-state index in [-0.39, 0.29) is 5.91 Å². The Morgan fingerprint density at radius 3 is 2.68 bits per heavy atom. The number of hydrogen-bond acceptors (Lipinski definition) is 4. The molecule has 1 aliphatic rings. The van der Waals surface area contributed by atoms with E-state index in [0.29, 0.717) is 18.9 Å². The van der Waals surface area contributed by atoms with Gasteiger partial charge in [0, 0.05) is 24.6 Å². The monoisotopic (exact) mass is 316 g/mol. The number of carbonyl (C=O) groups is 1. The number of aromatic nitrogens is 3. The number of carbonyl (C=O) groups excluding carboxylic acids is 1. The topological polar surface area (TPSA) is 73.8 Å². The van der Waals surface area contributed by atoms with Gasteiger partial charge in [0.2, 0.25) is 5.91 Å². The van der Waals surface area contributed by atoms with Crippen molar-refractivity contribution >= 4 is 17.7 Å². The highest BCUT2D eigenvalue weighted by Crippen LogP contribution is 2.39. The second-order valence-corrected chi connectivity index (χ2v) is 6.61. The minimum atomic E-state index is -0.288. The standard InChI is InChI=1S/C16H20N4OS/c17-14(21)8-9-15-18-19-16(20(15)13-6-7-13)22-11-10-12-4-2-1-3-5-12/h1-5,13H,6-11H2,(H2,17,21). The third-order valence-electron chi connectivity index (χ3n) is 3.71. The molecule has 1 aliphatic carbocycles. The number of nitrogens with zero attached hydrogens (tertiary/aromatic N) is 3. The van der Waals surface area contributed by atoms with Crippen molar-refractivity contribution in [3.05, 3.63) is 41.7 Å². The van der Waals surface area contributed by atoms with Crippen LogP contribution in [0, 0.1) is 0 Å². The zero-order valence-corrected chi connectivity index (χ0v) is 13.3. The summed E-state index contributed by atoms with van der Waals surface area (Å²) >= 11 is 1.74. The molecule has 22 heavy (non-hydrogen) atoms. The minimum Gasteiger partial charge on any atom is -0.370 e. The first kappa shape index (κ1) is 15.1. The smallest absolute Gasteiger partial charge is 0.217 e. The van der Waals surface area contributed by atoms with E-state index < -0.39 is 0 Å². The maximum atomic E-state index is 11.0. The lowest BCUT2D eigenvalue weighted by atomic mass is 10.2. The van der Waals surface area contributed by atoms with Crippen LogP contribution in [-0.4, -0.2) is 26.4 Å². The molecule has 1 amide bonds. The number of benzene rings is 1. The summed E-state index contributed by atoms with van der Waals surface area (Å²) in [6, 6.07) is 11.0. The van der Waals surface area contributed by atoms with E-state index in [9.17, 15) is 4.79 Å². The summed E-state index contributed by atoms with van der Waals surface area (Å²) in [5.41, 5.74) is 6.57. The summed E-state index contributed by atoms with van der Waals surface area (Å²) in [7, 11) is 0. The van der Waals surface area contributed by atoms with E-state index in [2.05, 4.69) is 39.0 Å². The number of thioether (sulfide) groups is 1. The predicted octanol–water partition coefficient (Wildman–Crippen LogP) is 2.37. The van der Waals surface area contributed by atoms with Crippen molar-refractivity contribution in [1.29, 1.82) is 0 Å². The predicted molar refractivity (Wildman–Crippen MR) is 86.7 cm³/mol. The fourth-order valence-electron chi connectivity index (χ4n) is 2.42. The van der Waals surface area contributed by atoms with E-state index in [1.165, 1.54) is 18.4 Å². The Morgan fingerprint density at radius 1 is 1.23 bits per heavy atom. The molecule has 116 valence electrons. The molecule has 1 fully saturated rings. The summed E-state index contributed by atoms with van der Waals surface area (Å²) in [6.45, 7) is 0. The van der Waals surface area contributed by atoms with Gasteiger partial charge in [-0.3, -0.25) is 4.79 Å². The first-order valence-corrected chi connectivity index (χ1v) is 8.61. The van der Waals surface area contributed by atoms with Gasteiger partial charge in [-0.05, 0) is 24.8 Å². The van der Waals surface area contributed by atoms with Crippen molar-refractivity contribution in [2.45, 2.75) is 43.3 Å². The van der Waals surface area contributed by atoms with E-state index in [1.807, 2.05) is 6.07 Å². The second-order valence-electron chi connectivity index (χ2n) is 5.55. The fourth-order valence-corrected chi connectivity index (χ4v) is 3.43. The zero-order chi connectivity index (χ0) is 15.4. The summed E-state index contributed by atoms with van der Waals surface area (Å²) in [5.74, 6) is 1.58. The van der Waals surface area contributed by atoms with Crippen molar-refractivity contribution in [3.63, 3.8) is 0 Å². The quantitative estimate of drug-likeness (QED) is 0.759. The summed E-state index contributed by atoms with van der Waals surface area (Å²) in [5, 5.41) is 9.54. The van der Waals surface area contributed by atoms with Gasteiger partial charge in [0.25, 0.3) is 0 Å². The van der Waals surface area contributed by atoms with Gasteiger partial charge in [-0.25, -0.2) is 0 Å². The number of amides is 1. The maximum absolute atomic E-state index is 11.0. The Balaban J connectivity index is 1.62. The van der Waals surface area contributed by atoms with Crippen LogP contribution < -0.4 is 5.73 Å². The van der Waals surface area contributed by atoms with Crippen LogP contribution in [0.2, 0.25) is 0 Å². The molecule has 5 nitrogen and oxygen atoms in total. The van der Waals surface area contributed by atoms with E-state index in [0.717, 1.165) is 23.2 Å². The van der Waals surface area contributed by atoms with Gasteiger partial charge >= 0.3 is 0 Å². The molecule has 0 unspecified atom stereocenters. The molecular formula is C16H20N4OS. The van der Waals surface area contributed by atoms with Gasteiger partial charge in [0.1, 0.15) is 5.82 Å². The van der Waals surface area contributed by atoms with E-state index in [4.69, 9.17) is 5.73 Å². The molecule has 1 aromatic carbocycles.